The van der Waals surface area contributed by atoms with E-state index in [2.05, 4.69) is 32.0 Å². The molecule has 0 aromatic heterocycles. The van der Waals surface area contributed by atoms with Crippen molar-refractivity contribution < 1.29 is 9.53 Å². The first-order valence-corrected chi connectivity index (χ1v) is 7.11. The summed E-state index contributed by atoms with van der Waals surface area (Å²) in [6.07, 6.45) is -0.371. The van der Waals surface area contributed by atoms with E-state index in [1.165, 1.54) is 12.8 Å². The minimum atomic E-state index is -0.371. The van der Waals surface area contributed by atoms with Crippen molar-refractivity contribution in [3.63, 3.8) is 0 Å². The predicted molar refractivity (Wildman–Crippen MR) is 80.5 cm³/mol. The largest absolute Gasteiger partial charge is 0.453 e. The van der Waals surface area contributed by atoms with E-state index in [9.17, 15) is 4.79 Å². The molecular formula is C14H20ClN3O2. The fraction of sp³-hybridized carbons (Fsp3) is 0.500. The smallest absolute Gasteiger partial charge is 0.406 e. The SMILES string of the molecule is COC(=O)NCCN1CCN(c2ccc(Cl)cc2)CC1. The number of carbonyl (C=O) groups excluding carboxylic acids is 1. The molecule has 0 aliphatic carbocycles. The molecule has 0 spiro atoms. The lowest BCUT2D eigenvalue weighted by atomic mass is 10.2. The lowest BCUT2D eigenvalue weighted by Gasteiger charge is -2.36. The number of hydrogen-bond acceptors (Lipinski definition) is 4. The van der Waals surface area contributed by atoms with E-state index in [4.69, 9.17) is 11.6 Å². The summed E-state index contributed by atoms with van der Waals surface area (Å²) < 4.78 is 4.54. The van der Waals surface area contributed by atoms with E-state index in [1.54, 1.807) is 0 Å². The maximum atomic E-state index is 10.9. The van der Waals surface area contributed by atoms with Gasteiger partial charge in [-0.3, -0.25) is 4.90 Å². The molecule has 6 heteroatoms. The van der Waals surface area contributed by atoms with Crippen LogP contribution in [0.5, 0.6) is 0 Å². The number of benzene rings is 1. The van der Waals surface area contributed by atoms with Crippen LogP contribution in [0.2, 0.25) is 5.02 Å². The van der Waals surface area contributed by atoms with Crippen LogP contribution in [0.1, 0.15) is 0 Å². The topological polar surface area (TPSA) is 44.8 Å². The van der Waals surface area contributed by atoms with E-state index in [0.717, 1.165) is 37.7 Å². The summed E-state index contributed by atoms with van der Waals surface area (Å²) in [4.78, 5) is 15.6. The molecule has 1 heterocycles. The van der Waals surface area contributed by atoms with Crippen LogP contribution in [-0.4, -0.2) is 57.4 Å². The summed E-state index contributed by atoms with van der Waals surface area (Å²) in [5.41, 5.74) is 1.21. The van der Waals surface area contributed by atoms with Crippen molar-refractivity contribution in [2.45, 2.75) is 0 Å². The van der Waals surface area contributed by atoms with E-state index in [1.807, 2.05) is 12.1 Å². The molecule has 1 saturated heterocycles. The second kappa shape index (κ2) is 7.36. The van der Waals surface area contributed by atoms with Crippen LogP contribution in [-0.2, 0) is 4.74 Å². The third-order valence-corrected chi connectivity index (χ3v) is 3.70. The molecule has 110 valence electrons. The zero-order valence-electron chi connectivity index (χ0n) is 11.6. The van der Waals surface area contributed by atoms with Gasteiger partial charge in [0.15, 0.2) is 0 Å². The Labute approximate surface area is 124 Å². The summed E-state index contributed by atoms with van der Waals surface area (Å²) in [6.45, 7) is 5.42. The molecule has 20 heavy (non-hydrogen) atoms. The minimum absolute atomic E-state index is 0.371. The Morgan fingerprint density at radius 1 is 1.25 bits per heavy atom. The van der Waals surface area contributed by atoms with Crippen LogP contribution in [0.4, 0.5) is 10.5 Å². The third kappa shape index (κ3) is 4.28. The Morgan fingerprint density at radius 2 is 1.90 bits per heavy atom. The quantitative estimate of drug-likeness (QED) is 0.921. The Bertz CT molecular complexity index is 431. The van der Waals surface area contributed by atoms with Gasteiger partial charge in [0.05, 0.1) is 7.11 Å². The van der Waals surface area contributed by atoms with Crippen molar-refractivity contribution in [2.75, 3.05) is 51.3 Å². The van der Waals surface area contributed by atoms with Crippen LogP contribution in [0.25, 0.3) is 0 Å². The van der Waals surface area contributed by atoms with Crippen LogP contribution >= 0.6 is 11.6 Å². The third-order valence-electron chi connectivity index (χ3n) is 3.45. The Morgan fingerprint density at radius 3 is 2.50 bits per heavy atom. The number of rotatable bonds is 4. The number of amides is 1. The van der Waals surface area contributed by atoms with Gasteiger partial charge in [-0.1, -0.05) is 11.6 Å². The monoisotopic (exact) mass is 297 g/mol. The molecule has 5 nitrogen and oxygen atoms in total. The van der Waals surface area contributed by atoms with Crippen molar-refractivity contribution in [3.8, 4) is 0 Å². The van der Waals surface area contributed by atoms with Crippen molar-refractivity contribution in [2.24, 2.45) is 0 Å². The Balaban J connectivity index is 1.72. The fourth-order valence-electron chi connectivity index (χ4n) is 2.27. The number of piperazine rings is 1. The normalized spacial score (nSPS) is 16.0. The molecule has 1 aliphatic rings. The number of ether oxygens (including phenoxy) is 1. The average molecular weight is 298 g/mol. The van der Waals surface area contributed by atoms with E-state index < -0.39 is 0 Å². The molecule has 1 amide bonds. The standard InChI is InChI=1S/C14H20ClN3O2/c1-20-14(19)16-6-7-17-8-10-18(11-9-17)13-4-2-12(15)3-5-13/h2-5H,6-11H2,1H3,(H,16,19). The number of carbonyl (C=O) groups is 1. The number of alkyl carbamates (subject to hydrolysis) is 1. The number of hydrogen-bond donors (Lipinski definition) is 1. The molecule has 2 rings (SSSR count). The molecule has 1 aromatic rings. The van der Waals surface area contributed by atoms with Crippen LogP contribution < -0.4 is 10.2 Å². The van der Waals surface area contributed by atoms with Crippen molar-refractivity contribution >= 4 is 23.4 Å². The lowest BCUT2D eigenvalue weighted by Crippen LogP contribution is -2.48. The highest BCUT2D eigenvalue weighted by atomic mass is 35.5. The highest BCUT2D eigenvalue weighted by Crippen LogP contribution is 2.19. The van der Waals surface area contributed by atoms with Gasteiger partial charge < -0.3 is 15.0 Å². The first kappa shape index (κ1) is 14.9. The highest BCUT2D eigenvalue weighted by molar-refractivity contribution is 6.30. The molecule has 0 bridgehead atoms. The number of methoxy groups -OCH3 is 1. The maximum absolute atomic E-state index is 10.9. The summed E-state index contributed by atoms with van der Waals surface area (Å²) >= 11 is 5.90. The van der Waals surface area contributed by atoms with Crippen molar-refractivity contribution in [1.82, 2.24) is 10.2 Å². The number of nitrogens with one attached hydrogen (secondary N) is 1. The Kier molecular flexibility index (Phi) is 5.49. The van der Waals surface area contributed by atoms with Crippen LogP contribution in [0.3, 0.4) is 0 Å². The highest BCUT2D eigenvalue weighted by Gasteiger charge is 2.16. The molecule has 1 aliphatic heterocycles. The molecule has 1 fully saturated rings. The maximum Gasteiger partial charge on any atom is 0.406 e. The van der Waals surface area contributed by atoms with Crippen LogP contribution in [0, 0.1) is 0 Å². The zero-order chi connectivity index (χ0) is 14.4. The van der Waals surface area contributed by atoms with Gasteiger partial charge in [0.25, 0.3) is 0 Å². The molecule has 0 saturated carbocycles. The van der Waals surface area contributed by atoms with Crippen LogP contribution in [0.15, 0.2) is 24.3 Å². The minimum Gasteiger partial charge on any atom is -0.453 e. The molecular weight excluding hydrogens is 278 g/mol. The zero-order valence-corrected chi connectivity index (χ0v) is 12.4. The van der Waals surface area contributed by atoms with Gasteiger partial charge in [0.1, 0.15) is 0 Å². The van der Waals surface area contributed by atoms with Gasteiger partial charge in [-0.2, -0.15) is 0 Å². The second-order valence-electron chi connectivity index (χ2n) is 4.72. The number of anilines is 1. The summed E-state index contributed by atoms with van der Waals surface area (Å²) in [5.74, 6) is 0. The Hall–Kier alpha value is -1.46. The molecule has 0 atom stereocenters. The summed E-state index contributed by atoms with van der Waals surface area (Å²) in [5, 5.41) is 3.46. The van der Waals surface area contributed by atoms with E-state index in [0.29, 0.717) is 6.54 Å². The van der Waals surface area contributed by atoms with Gasteiger partial charge in [-0.05, 0) is 24.3 Å². The molecule has 0 radical (unpaired) electrons. The first-order chi connectivity index (χ1) is 9.69. The van der Waals surface area contributed by atoms with Crippen molar-refractivity contribution in [3.05, 3.63) is 29.3 Å². The van der Waals surface area contributed by atoms with Gasteiger partial charge in [-0.15, -0.1) is 0 Å². The fourth-order valence-corrected chi connectivity index (χ4v) is 2.40. The lowest BCUT2D eigenvalue weighted by molar-refractivity contribution is 0.168. The van der Waals surface area contributed by atoms with Gasteiger partial charge in [0, 0.05) is 50.0 Å². The number of nitrogens with zero attached hydrogens (tertiary/aromatic N) is 2. The number of halogens is 1. The van der Waals surface area contributed by atoms with Gasteiger partial charge >= 0.3 is 6.09 Å². The van der Waals surface area contributed by atoms with E-state index >= 15 is 0 Å². The summed E-state index contributed by atoms with van der Waals surface area (Å²) in [6, 6.07) is 7.95. The van der Waals surface area contributed by atoms with Crippen molar-refractivity contribution in [1.29, 1.82) is 0 Å². The van der Waals surface area contributed by atoms with E-state index in [-0.39, 0.29) is 6.09 Å². The first-order valence-electron chi connectivity index (χ1n) is 6.74. The van der Waals surface area contributed by atoms with Gasteiger partial charge in [0.2, 0.25) is 0 Å². The second-order valence-corrected chi connectivity index (χ2v) is 5.16. The molecule has 1 aromatic carbocycles. The van der Waals surface area contributed by atoms with Gasteiger partial charge in [-0.25, -0.2) is 4.79 Å². The predicted octanol–water partition coefficient (Wildman–Crippen LogP) is 1.82. The average Bonchev–Trinajstić information content (AvgIpc) is 2.48. The summed E-state index contributed by atoms with van der Waals surface area (Å²) in [7, 11) is 1.38. The molecule has 1 N–H and O–H groups in total. The molecule has 0 unspecified atom stereocenters.